The summed E-state index contributed by atoms with van der Waals surface area (Å²) in [6, 6.07) is 9.78. The molecule has 1 aromatic carbocycles. The molecule has 0 saturated heterocycles. The first kappa shape index (κ1) is 12.0. The number of aromatic nitrogens is 4. The molecule has 0 spiro atoms. The molecule has 1 aromatic heterocycles. The molecular formula is C14H16N4O. The van der Waals surface area contributed by atoms with Crippen LogP contribution in [0.3, 0.4) is 0 Å². The van der Waals surface area contributed by atoms with Crippen LogP contribution in [0.2, 0.25) is 0 Å². The summed E-state index contributed by atoms with van der Waals surface area (Å²) in [6.45, 7) is 0.663. The zero-order valence-electron chi connectivity index (χ0n) is 10.7. The SMILES string of the molecule is O=C1CCCC1CCn1nnc(-c2ccccc2)n1. The van der Waals surface area contributed by atoms with Crippen LogP contribution < -0.4 is 0 Å². The third-order valence-corrected chi connectivity index (χ3v) is 3.59. The zero-order valence-corrected chi connectivity index (χ0v) is 10.7. The maximum atomic E-state index is 11.6. The number of hydrogen-bond acceptors (Lipinski definition) is 4. The van der Waals surface area contributed by atoms with Crippen LogP contribution in [0.15, 0.2) is 30.3 Å². The Labute approximate surface area is 111 Å². The number of Topliss-reactive ketones (excluding diaryl/α,β-unsaturated/α-hetero) is 1. The van der Waals surface area contributed by atoms with Crippen LogP contribution in [0.4, 0.5) is 0 Å². The molecule has 1 heterocycles. The highest BCUT2D eigenvalue weighted by atomic mass is 16.1. The van der Waals surface area contributed by atoms with Gasteiger partial charge in [0, 0.05) is 17.9 Å². The highest BCUT2D eigenvalue weighted by Crippen LogP contribution is 2.24. The summed E-state index contributed by atoms with van der Waals surface area (Å²) >= 11 is 0. The van der Waals surface area contributed by atoms with Crippen molar-refractivity contribution in [3.63, 3.8) is 0 Å². The van der Waals surface area contributed by atoms with Gasteiger partial charge >= 0.3 is 0 Å². The molecular weight excluding hydrogens is 240 g/mol. The van der Waals surface area contributed by atoms with Crippen LogP contribution in [0, 0.1) is 5.92 Å². The predicted octanol–water partition coefficient (Wildman–Crippen LogP) is 2.10. The van der Waals surface area contributed by atoms with Gasteiger partial charge in [-0.05, 0) is 24.5 Å². The third kappa shape index (κ3) is 2.70. The molecule has 1 saturated carbocycles. The topological polar surface area (TPSA) is 60.7 Å². The summed E-state index contributed by atoms with van der Waals surface area (Å²) in [5.41, 5.74) is 0.964. The Hall–Kier alpha value is -2.04. The summed E-state index contributed by atoms with van der Waals surface area (Å²) in [6.07, 6.45) is 3.61. The van der Waals surface area contributed by atoms with Crippen molar-refractivity contribution in [1.82, 2.24) is 20.2 Å². The lowest BCUT2D eigenvalue weighted by atomic mass is 10.0. The molecule has 2 aromatic rings. The van der Waals surface area contributed by atoms with Crippen molar-refractivity contribution >= 4 is 5.78 Å². The van der Waals surface area contributed by atoms with Crippen molar-refractivity contribution in [2.24, 2.45) is 5.92 Å². The summed E-state index contributed by atoms with van der Waals surface area (Å²) in [5.74, 6) is 1.23. The van der Waals surface area contributed by atoms with Crippen molar-refractivity contribution in [3.05, 3.63) is 30.3 Å². The molecule has 1 aliphatic carbocycles. The molecule has 98 valence electrons. The molecule has 0 aliphatic heterocycles. The Balaban J connectivity index is 1.64. The summed E-state index contributed by atoms with van der Waals surface area (Å²) < 4.78 is 0. The van der Waals surface area contributed by atoms with Gasteiger partial charge in [0.2, 0.25) is 5.82 Å². The van der Waals surface area contributed by atoms with Crippen LogP contribution in [-0.2, 0) is 11.3 Å². The average molecular weight is 256 g/mol. The maximum absolute atomic E-state index is 11.6. The average Bonchev–Trinajstić information content (AvgIpc) is 3.06. The third-order valence-electron chi connectivity index (χ3n) is 3.59. The Morgan fingerprint density at radius 2 is 2.11 bits per heavy atom. The quantitative estimate of drug-likeness (QED) is 0.840. The van der Waals surface area contributed by atoms with E-state index >= 15 is 0 Å². The minimum Gasteiger partial charge on any atom is -0.299 e. The Kier molecular flexibility index (Phi) is 3.35. The predicted molar refractivity (Wildman–Crippen MR) is 70.2 cm³/mol. The standard InChI is InChI=1S/C14H16N4O/c19-13-8-4-7-11(13)9-10-18-16-14(15-17-18)12-5-2-1-3-6-12/h1-3,5-6,11H,4,7-10H2. The molecule has 0 N–H and O–H groups in total. The molecule has 1 unspecified atom stereocenters. The number of carbonyl (C=O) groups excluding carboxylic acids is 1. The van der Waals surface area contributed by atoms with Crippen LogP contribution in [0.5, 0.6) is 0 Å². The largest absolute Gasteiger partial charge is 0.299 e. The lowest BCUT2D eigenvalue weighted by molar-refractivity contribution is -0.120. The van der Waals surface area contributed by atoms with Crippen molar-refractivity contribution in [3.8, 4) is 11.4 Å². The van der Waals surface area contributed by atoms with Gasteiger partial charge in [0.05, 0.1) is 6.54 Å². The first-order valence-electron chi connectivity index (χ1n) is 6.69. The number of benzene rings is 1. The Morgan fingerprint density at radius 1 is 1.26 bits per heavy atom. The van der Waals surface area contributed by atoms with Gasteiger partial charge < -0.3 is 0 Å². The molecule has 19 heavy (non-hydrogen) atoms. The van der Waals surface area contributed by atoms with Gasteiger partial charge in [0.25, 0.3) is 0 Å². The van der Waals surface area contributed by atoms with Gasteiger partial charge in [-0.2, -0.15) is 4.80 Å². The highest BCUT2D eigenvalue weighted by Gasteiger charge is 2.24. The number of aryl methyl sites for hydroxylation is 1. The molecule has 0 radical (unpaired) electrons. The van der Waals surface area contributed by atoms with E-state index < -0.39 is 0 Å². The molecule has 1 fully saturated rings. The van der Waals surface area contributed by atoms with Gasteiger partial charge in [-0.15, -0.1) is 10.2 Å². The number of ketones is 1. The Bertz CT molecular complexity index is 564. The van der Waals surface area contributed by atoms with E-state index in [0.717, 1.165) is 31.2 Å². The van der Waals surface area contributed by atoms with E-state index in [9.17, 15) is 4.79 Å². The second-order valence-corrected chi connectivity index (χ2v) is 4.92. The van der Waals surface area contributed by atoms with Crippen molar-refractivity contribution in [1.29, 1.82) is 0 Å². The van der Waals surface area contributed by atoms with Crippen molar-refractivity contribution in [2.75, 3.05) is 0 Å². The first-order chi connectivity index (χ1) is 9.33. The van der Waals surface area contributed by atoms with E-state index in [2.05, 4.69) is 15.4 Å². The molecule has 0 amide bonds. The van der Waals surface area contributed by atoms with Crippen LogP contribution in [0.1, 0.15) is 25.7 Å². The number of tetrazole rings is 1. The minimum absolute atomic E-state index is 0.200. The fourth-order valence-corrected chi connectivity index (χ4v) is 2.51. The fourth-order valence-electron chi connectivity index (χ4n) is 2.51. The van der Waals surface area contributed by atoms with Gasteiger partial charge in [-0.25, -0.2) is 0 Å². The van der Waals surface area contributed by atoms with E-state index in [1.165, 1.54) is 0 Å². The van der Waals surface area contributed by atoms with Crippen molar-refractivity contribution in [2.45, 2.75) is 32.2 Å². The molecule has 1 aliphatic rings. The molecule has 5 nitrogen and oxygen atoms in total. The molecule has 5 heteroatoms. The smallest absolute Gasteiger partial charge is 0.204 e. The highest BCUT2D eigenvalue weighted by molar-refractivity contribution is 5.82. The normalized spacial score (nSPS) is 18.9. The Morgan fingerprint density at radius 3 is 2.84 bits per heavy atom. The molecule has 1 atom stereocenters. The number of rotatable bonds is 4. The first-order valence-corrected chi connectivity index (χ1v) is 6.69. The zero-order chi connectivity index (χ0) is 13.1. The number of nitrogens with zero attached hydrogens (tertiary/aromatic N) is 4. The van der Waals surface area contributed by atoms with Crippen LogP contribution in [-0.4, -0.2) is 26.0 Å². The minimum atomic E-state index is 0.200. The van der Waals surface area contributed by atoms with E-state index in [0.29, 0.717) is 18.2 Å². The fraction of sp³-hybridized carbons (Fsp3) is 0.429. The summed E-state index contributed by atoms with van der Waals surface area (Å²) in [4.78, 5) is 13.1. The molecule has 3 rings (SSSR count). The lowest BCUT2D eigenvalue weighted by Gasteiger charge is -2.05. The van der Waals surface area contributed by atoms with Crippen molar-refractivity contribution < 1.29 is 4.79 Å². The summed E-state index contributed by atoms with van der Waals surface area (Å²) in [7, 11) is 0. The van der Waals surface area contributed by atoms with Gasteiger partial charge in [0.15, 0.2) is 0 Å². The maximum Gasteiger partial charge on any atom is 0.204 e. The monoisotopic (exact) mass is 256 g/mol. The van der Waals surface area contributed by atoms with Crippen LogP contribution in [0.25, 0.3) is 11.4 Å². The summed E-state index contributed by atoms with van der Waals surface area (Å²) in [5, 5.41) is 12.4. The molecule has 0 bridgehead atoms. The van der Waals surface area contributed by atoms with E-state index in [1.807, 2.05) is 30.3 Å². The van der Waals surface area contributed by atoms with Gasteiger partial charge in [-0.3, -0.25) is 4.79 Å². The van der Waals surface area contributed by atoms with E-state index in [-0.39, 0.29) is 5.92 Å². The van der Waals surface area contributed by atoms with Crippen LogP contribution >= 0.6 is 0 Å². The number of carbonyl (C=O) groups is 1. The lowest BCUT2D eigenvalue weighted by Crippen LogP contribution is -2.12. The number of hydrogen-bond donors (Lipinski definition) is 0. The van der Waals surface area contributed by atoms with Gasteiger partial charge in [0.1, 0.15) is 5.78 Å². The second kappa shape index (κ2) is 5.30. The van der Waals surface area contributed by atoms with E-state index in [1.54, 1.807) is 4.80 Å². The van der Waals surface area contributed by atoms with E-state index in [4.69, 9.17) is 0 Å². The second-order valence-electron chi connectivity index (χ2n) is 4.92. The van der Waals surface area contributed by atoms with Gasteiger partial charge in [-0.1, -0.05) is 30.3 Å².